The number of nitrogens with one attached hydrogen (secondary N) is 1. The summed E-state index contributed by atoms with van der Waals surface area (Å²) in [7, 11) is 1.50. The van der Waals surface area contributed by atoms with Gasteiger partial charge in [0.15, 0.2) is 0 Å². The van der Waals surface area contributed by atoms with Gasteiger partial charge >= 0.3 is 0 Å². The molecule has 0 bridgehead atoms. The Balaban J connectivity index is 2.33. The zero-order valence-corrected chi connectivity index (χ0v) is 10.2. The number of carbonyl (C=O) groups excluding carboxylic acids is 3. The Kier molecular flexibility index (Phi) is 2.77. The Labute approximate surface area is 99.8 Å². The van der Waals surface area contributed by atoms with E-state index in [4.69, 9.17) is 0 Å². The van der Waals surface area contributed by atoms with Crippen LogP contribution in [0.1, 0.15) is 20.3 Å². The van der Waals surface area contributed by atoms with Gasteiger partial charge in [-0.3, -0.25) is 19.3 Å². The van der Waals surface area contributed by atoms with E-state index in [1.165, 1.54) is 18.9 Å². The molecule has 2 rings (SSSR count). The van der Waals surface area contributed by atoms with Crippen molar-refractivity contribution in [3.63, 3.8) is 0 Å². The molecule has 0 aromatic heterocycles. The van der Waals surface area contributed by atoms with E-state index < -0.39 is 5.92 Å². The predicted molar refractivity (Wildman–Crippen MR) is 60.7 cm³/mol. The van der Waals surface area contributed by atoms with Crippen molar-refractivity contribution in [2.24, 2.45) is 11.8 Å². The van der Waals surface area contributed by atoms with Gasteiger partial charge in [0.05, 0.1) is 17.9 Å². The van der Waals surface area contributed by atoms with E-state index in [0.717, 1.165) is 5.57 Å². The number of nitrogens with zero attached hydrogens (tertiary/aromatic N) is 1. The molecule has 1 aliphatic carbocycles. The molecule has 3 amide bonds. The van der Waals surface area contributed by atoms with Crippen molar-refractivity contribution in [1.29, 1.82) is 0 Å². The number of rotatable bonds is 1. The van der Waals surface area contributed by atoms with Gasteiger partial charge < -0.3 is 5.32 Å². The van der Waals surface area contributed by atoms with Crippen LogP contribution in [0.3, 0.4) is 0 Å². The van der Waals surface area contributed by atoms with Crippen molar-refractivity contribution < 1.29 is 14.4 Å². The average Bonchev–Trinajstić information content (AvgIpc) is 2.43. The molecule has 0 unspecified atom stereocenters. The van der Waals surface area contributed by atoms with E-state index in [1.807, 2.05) is 13.0 Å². The van der Waals surface area contributed by atoms with Crippen LogP contribution in [0.15, 0.2) is 11.6 Å². The Bertz CT molecular complexity index is 427. The first kappa shape index (κ1) is 11.8. The number of allylic oxidation sites excluding steroid dienone is 1. The minimum atomic E-state index is -0.430. The molecule has 0 aromatic rings. The van der Waals surface area contributed by atoms with E-state index in [2.05, 4.69) is 5.32 Å². The summed E-state index contributed by atoms with van der Waals surface area (Å²) in [6.07, 6.45) is 2.49. The number of hydrogen-bond acceptors (Lipinski definition) is 3. The third kappa shape index (κ3) is 1.85. The quantitative estimate of drug-likeness (QED) is 0.517. The van der Waals surface area contributed by atoms with Crippen molar-refractivity contribution in [1.82, 2.24) is 10.2 Å². The molecule has 1 fully saturated rings. The largest absolute Gasteiger partial charge is 0.349 e. The van der Waals surface area contributed by atoms with Gasteiger partial charge in [0.25, 0.3) is 0 Å². The molecule has 92 valence electrons. The minimum absolute atomic E-state index is 0.136. The van der Waals surface area contributed by atoms with Crippen molar-refractivity contribution in [3.05, 3.63) is 11.6 Å². The van der Waals surface area contributed by atoms with Gasteiger partial charge in [0.1, 0.15) is 0 Å². The summed E-state index contributed by atoms with van der Waals surface area (Å²) in [4.78, 5) is 36.2. The lowest BCUT2D eigenvalue weighted by Gasteiger charge is -2.28. The number of imide groups is 1. The molecule has 5 heteroatoms. The maximum absolute atomic E-state index is 12.0. The number of fused-ring (bicyclic) bond motifs is 1. The highest BCUT2D eigenvalue weighted by molar-refractivity contribution is 6.05. The van der Waals surface area contributed by atoms with Gasteiger partial charge in [-0.05, 0) is 13.3 Å². The van der Waals surface area contributed by atoms with Crippen LogP contribution >= 0.6 is 0 Å². The van der Waals surface area contributed by atoms with Crippen LogP contribution in [-0.2, 0) is 14.4 Å². The molecule has 0 saturated carbocycles. The van der Waals surface area contributed by atoms with Gasteiger partial charge in [-0.2, -0.15) is 0 Å². The molecule has 1 heterocycles. The summed E-state index contributed by atoms with van der Waals surface area (Å²) in [5.41, 5.74) is 1.04. The van der Waals surface area contributed by atoms with Gasteiger partial charge in [-0.15, -0.1) is 0 Å². The molecule has 1 N–H and O–H groups in total. The standard InChI is InChI=1S/C12H16N2O3/c1-6-4-8-10(9(5-6)13-7(2)15)12(17)14(3)11(8)16/h5,8-10H,4H2,1-3H3,(H,13,15)/t8-,9+,10-/m0/s1. The van der Waals surface area contributed by atoms with E-state index in [-0.39, 0.29) is 29.7 Å². The highest BCUT2D eigenvalue weighted by atomic mass is 16.2. The van der Waals surface area contributed by atoms with Gasteiger partial charge in [-0.1, -0.05) is 11.6 Å². The minimum Gasteiger partial charge on any atom is -0.349 e. The van der Waals surface area contributed by atoms with E-state index >= 15 is 0 Å². The summed E-state index contributed by atoms with van der Waals surface area (Å²) >= 11 is 0. The second-order valence-electron chi connectivity index (χ2n) is 4.81. The topological polar surface area (TPSA) is 66.5 Å². The molecule has 0 spiro atoms. The van der Waals surface area contributed by atoms with E-state index in [1.54, 1.807) is 0 Å². The first-order valence-corrected chi connectivity index (χ1v) is 5.67. The van der Waals surface area contributed by atoms with Crippen molar-refractivity contribution in [3.8, 4) is 0 Å². The molecule has 5 nitrogen and oxygen atoms in total. The van der Waals surface area contributed by atoms with Crippen LogP contribution in [0.25, 0.3) is 0 Å². The summed E-state index contributed by atoms with van der Waals surface area (Å²) in [6.45, 7) is 3.33. The van der Waals surface area contributed by atoms with Crippen LogP contribution < -0.4 is 5.32 Å². The van der Waals surface area contributed by atoms with Crippen LogP contribution in [0, 0.1) is 11.8 Å². The highest BCUT2D eigenvalue weighted by Crippen LogP contribution is 2.37. The molecule has 0 radical (unpaired) electrons. The Morgan fingerprint density at radius 1 is 1.41 bits per heavy atom. The van der Waals surface area contributed by atoms with Crippen LogP contribution in [0.2, 0.25) is 0 Å². The van der Waals surface area contributed by atoms with Crippen LogP contribution in [0.5, 0.6) is 0 Å². The lowest BCUT2D eigenvalue weighted by molar-refractivity contribution is -0.138. The fourth-order valence-corrected chi connectivity index (χ4v) is 2.72. The first-order valence-electron chi connectivity index (χ1n) is 5.67. The van der Waals surface area contributed by atoms with Crippen LogP contribution in [0.4, 0.5) is 0 Å². The van der Waals surface area contributed by atoms with Crippen molar-refractivity contribution in [2.75, 3.05) is 7.05 Å². The highest BCUT2D eigenvalue weighted by Gasteiger charge is 2.50. The van der Waals surface area contributed by atoms with Crippen molar-refractivity contribution in [2.45, 2.75) is 26.3 Å². The second kappa shape index (κ2) is 3.98. The van der Waals surface area contributed by atoms with Crippen LogP contribution in [-0.4, -0.2) is 35.7 Å². The second-order valence-corrected chi connectivity index (χ2v) is 4.81. The zero-order valence-electron chi connectivity index (χ0n) is 10.2. The SMILES string of the molecule is CC(=O)N[C@@H]1C=C(C)C[C@@H]2C(=O)N(C)C(=O)[C@@H]21. The summed E-state index contributed by atoms with van der Waals surface area (Å²) in [6, 6.07) is -0.354. The number of amides is 3. The Hall–Kier alpha value is -1.65. The number of hydrogen-bond donors (Lipinski definition) is 1. The van der Waals surface area contributed by atoms with Gasteiger partial charge in [0, 0.05) is 14.0 Å². The average molecular weight is 236 g/mol. The third-order valence-electron chi connectivity index (χ3n) is 3.46. The maximum atomic E-state index is 12.0. The Morgan fingerprint density at radius 3 is 2.65 bits per heavy atom. The molecular weight excluding hydrogens is 220 g/mol. The molecule has 1 saturated heterocycles. The fraction of sp³-hybridized carbons (Fsp3) is 0.583. The third-order valence-corrected chi connectivity index (χ3v) is 3.46. The smallest absolute Gasteiger partial charge is 0.235 e. The van der Waals surface area contributed by atoms with E-state index in [9.17, 15) is 14.4 Å². The Morgan fingerprint density at radius 2 is 2.06 bits per heavy atom. The monoisotopic (exact) mass is 236 g/mol. The summed E-state index contributed by atoms with van der Waals surface area (Å²) < 4.78 is 0. The molecule has 1 aliphatic heterocycles. The van der Waals surface area contributed by atoms with Crippen molar-refractivity contribution >= 4 is 17.7 Å². The lowest BCUT2D eigenvalue weighted by atomic mass is 9.78. The zero-order chi connectivity index (χ0) is 12.7. The lowest BCUT2D eigenvalue weighted by Crippen LogP contribution is -2.45. The molecule has 3 atom stereocenters. The van der Waals surface area contributed by atoms with Gasteiger partial charge in [-0.25, -0.2) is 0 Å². The number of likely N-dealkylation sites (tertiary alicyclic amines) is 1. The first-order chi connectivity index (χ1) is 7.91. The predicted octanol–water partition coefficient (Wildman–Crippen LogP) is 0.0721. The molecule has 2 aliphatic rings. The summed E-state index contributed by atoms with van der Waals surface area (Å²) in [5.74, 6) is -1.26. The van der Waals surface area contributed by atoms with Gasteiger partial charge in [0.2, 0.25) is 17.7 Å². The normalized spacial score (nSPS) is 32.3. The fourth-order valence-electron chi connectivity index (χ4n) is 2.72. The molecular formula is C12H16N2O3. The summed E-state index contributed by atoms with van der Waals surface area (Å²) in [5, 5.41) is 2.74. The molecule has 17 heavy (non-hydrogen) atoms. The van der Waals surface area contributed by atoms with E-state index in [0.29, 0.717) is 6.42 Å². The number of carbonyl (C=O) groups is 3. The maximum Gasteiger partial charge on any atom is 0.235 e. The molecule has 0 aromatic carbocycles.